The Morgan fingerprint density at radius 1 is 1.21 bits per heavy atom. The number of para-hydroxylation sites is 1. The van der Waals surface area contributed by atoms with Crippen LogP contribution >= 0.6 is 0 Å². The van der Waals surface area contributed by atoms with Crippen LogP contribution in [0.15, 0.2) is 36.5 Å². The molecule has 1 amide bonds. The van der Waals surface area contributed by atoms with E-state index in [0.717, 1.165) is 55.4 Å². The summed E-state index contributed by atoms with van der Waals surface area (Å²) < 4.78 is 6.21. The Hall–Kier alpha value is -2.10. The van der Waals surface area contributed by atoms with Gasteiger partial charge in [0.15, 0.2) is 0 Å². The van der Waals surface area contributed by atoms with Crippen LogP contribution in [0.25, 0.3) is 10.9 Å². The molecule has 4 nitrogen and oxygen atoms in total. The van der Waals surface area contributed by atoms with E-state index in [1.54, 1.807) is 6.20 Å². The van der Waals surface area contributed by atoms with Crippen LogP contribution in [0.5, 0.6) is 5.75 Å². The first kappa shape index (κ1) is 16.7. The molecular weight excluding hydrogens is 300 g/mol. The van der Waals surface area contributed by atoms with Crippen LogP contribution in [-0.2, 0) is 4.79 Å². The molecule has 4 heteroatoms. The fourth-order valence-corrected chi connectivity index (χ4v) is 3.44. The smallest absolute Gasteiger partial charge is 0.225 e. The minimum Gasteiger partial charge on any atom is -0.488 e. The van der Waals surface area contributed by atoms with E-state index in [0.29, 0.717) is 5.91 Å². The van der Waals surface area contributed by atoms with Crippen molar-refractivity contribution in [3.8, 4) is 5.75 Å². The zero-order valence-electron chi connectivity index (χ0n) is 14.6. The summed E-state index contributed by atoms with van der Waals surface area (Å²) in [6.07, 6.45) is 5.57. The molecule has 0 atom stereocenters. The van der Waals surface area contributed by atoms with Crippen LogP contribution in [0, 0.1) is 5.92 Å². The Kier molecular flexibility index (Phi) is 5.34. The third-order valence-electron chi connectivity index (χ3n) is 4.98. The van der Waals surface area contributed by atoms with Crippen molar-refractivity contribution in [1.29, 1.82) is 0 Å². The normalized spacial score (nSPS) is 15.9. The highest BCUT2D eigenvalue weighted by atomic mass is 16.5. The van der Waals surface area contributed by atoms with Crippen LogP contribution in [0.3, 0.4) is 0 Å². The maximum Gasteiger partial charge on any atom is 0.225 e. The minimum atomic E-state index is 0.156. The molecule has 0 bridgehead atoms. The number of nitrogens with zero attached hydrogens (tertiary/aromatic N) is 2. The second-order valence-corrected chi connectivity index (χ2v) is 6.49. The molecule has 1 aliphatic heterocycles. The lowest BCUT2D eigenvalue weighted by molar-refractivity contribution is -0.137. The van der Waals surface area contributed by atoms with E-state index in [1.165, 1.54) is 0 Å². The van der Waals surface area contributed by atoms with Gasteiger partial charge in [0.05, 0.1) is 0 Å². The molecule has 0 saturated carbocycles. The van der Waals surface area contributed by atoms with Gasteiger partial charge in [-0.2, -0.15) is 0 Å². The second kappa shape index (κ2) is 7.65. The maximum absolute atomic E-state index is 12.5. The molecule has 2 heterocycles. The second-order valence-electron chi connectivity index (χ2n) is 6.49. The number of likely N-dealkylation sites (tertiary alicyclic amines) is 1. The number of fused-ring (bicyclic) bond motifs is 1. The van der Waals surface area contributed by atoms with Gasteiger partial charge in [-0.15, -0.1) is 0 Å². The molecule has 0 unspecified atom stereocenters. The zero-order chi connectivity index (χ0) is 16.9. The van der Waals surface area contributed by atoms with Crippen molar-refractivity contribution in [2.24, 2.45) is 5.92 Å². The van der Waals surface area contributed by atoms with Crippen LogP contribution in [0.2, 0.25) is 0 Å². The predicted molar refractivity (Wildman–Crippen MR) is 96.0 cm³/mol. The van der Waals surface area contributed by atoms with Crippen molar-refractivity contribution >= 4 is 16.8 Å². The van der Waals surface area contributed by atoms with E-state index in [2.05, 4.69) is 18.8 Å². The van der Waals surface area contributed by atoms with Crippen LogP contribution in [0.4, 0.5) is 0 Å². The van der Waals surface area contributed by atoms with Crippen molar-refractivity contribution in [3.63, 3.8) is 0 Å². The third-order valence-corrected chi connectivity index (χ3v) is 4.98. The van der Waals surface area contributed by atoms with Gasteiger partial charge in [0, 0.05) is 43.4 Å². The van der Waals surface area contributed by atoms with E-state index in [-0.39, 0.29) is 12.0 Å². The highest BCUT2D eigenvalue weighted by molar-refractivity contribution is 5.84. The summed E-state index contributed by atoms with van der Waals surface area (Å²) in [6.45, 7) is 5.77. The van der Waals surface area contributed by atoms with Gasteiger partial charge in [0.2, 0.25) is 5.91 Å². The quantitative estimate of drug-likeness (QED) is 0.833. The molecule has 1 fully saturated rings. The van der Waals surface area contributed by atoms with Gasteiger partial charge in [0.25, 0.3) is 0 Å². The van der Waals surface area contributed by atoms with E-state index in [4.69, 9.17) is 4.74 Å². The molecule has 0 spiro atoms. The summed E-state index contributed by atoms with van der Waals surface area (Å²) in [5.41, 5.74) is 0.913. The minimum absolute atomic E-state index is 0.156. The summed E-state index contributed by atoms with van der Waals surface area (Å²) in [6, 6.07) is 10.0. The van der Waals surface area contributed by atoms with E-state index < -0.39 is 0 Å². The van der Waals surface area contributed by atoms with Gasteiger partial charge in [0.1, 0.15) is 17.4 Å². The van der Waals surface area contributed by atoms with Gasteiger partial charge in [-0.25, -0.2) is 0 Å². The Morgan fingerprint density at radius 2 is 1.92 bits per heavy atom. The molecule has 3 rings (SSSR count). The van der Waals surface area contributed by atoms with Gasteiger partial charge in [-0.05, 0) is 25.0 Å². The number of piperidine rings is 1. The number of benzene rings is 1. The SMILES string of the molecule is CCC(CC)C(=O)N1CCC(Oc2cccc3cccnc23)CC1. The van der Waals surface area contributed by atoms with Gasteiger partial charge < -0.3 is 9.64 Å². The highest BCUT2D eigenvalue weighted by Crippen LogP contribution is 2.27. The molecule has 0 N–H and O–H groups in total. The number of hydrogen-bond acceptors (Lipinski definition) is 3. The molecule has 128 valence electrons. The average molecular weight is 326 g/mol. The van der Waals surface area contributed by atoms with Crippen LogP contribution < -0.4 is 4.74 Å². The van der Waals surface area contributed by atoms with Crippen molar-refractivity contribution < 1.29 is 9.53 Å². The molecule has 1 aromatic heterocycles. The monoisotopic (exact) mass is 326 g/mol. The number of hydrogen-bond donors (Lipinski definition) is 0. The number of aromatic nitrogens is 1. The third kappa shape index (κ3) is 3.53. The van der Waals surface area contributed by atoms with E-state index >= 15 is 0 Å². The number of carbonyl (C=O) groups excluding carboxylic acids is 1. The zero-order valence-corrected chi connectivity index (χ0v) is 14.6. The first-order chi connectivity index (χ1) is 11.7. The lowest BCUT2D eigenvalue weighted by Gasteiger charge is -2.34. The number of rotatable bonds is 5. The molecular formula is C20H26N2O2. The lowest BCUT2D eigenvalue weighted by Crippen LogP contribution is -2.44. The molecule has 1 saturated heterocycles. The molecule has 0 aliphatic carbocycles. The fraction of sp³-hybridized carbons (Fsp3) is 0.500. The Balaban J connectivity index is 1.62. The number of pyridine rings is 1. The largest absolute Gasteiger partial charge is 0.488 e. The number of carbonyl (C=O) groups is 1. The van der Waals surface area contributed by atoms with Crippen LogP contribution in [0.1, 0.15) is 39.5 Å². The van der Waals surface area contributed by atoms with Gasteiger partial charge >= 0.3 is 0 Å². The van der Waals surface area contributed by atoms with Crippen LogP contribution in [-0.4, -0.2) is 35.0 Å². The Bertz CT molecular complexity index is 684. The van der Waals surface area contributed by atoms with E-state index in [9.17, 15) is 4.79 Å². The first-order valence-corrected chi connectivity index (χ1v) is 9.02. The standard InChI is InChI=1S/C20H26N2O2/c1-3-15(4-2)20(23)22-13-10-17(11-14-22)24-18-9-5-7-16-8-6-12-21-19(16)18/h5-9,12,15,17H,3-4,10-11,13-14H2,1-2H3. The fourth-order valence-electron chi connectivity index (χ4n) is 3.44. The topological polar surface area (TPSA) is 42.4 Å². The lowest BCUT2D eigenvalue weighted by atomic mass is 9.99. The molecule has 2 aromatic rings. The predicted octanol–water partition coefficient (Wildman–Crippen LogP) is 4.04. The summed E-state index contributed by atoms with van der Waals surface area (Å²) >= 11 is 0. The summed E-state index contributed by atoms with van der Waals surface area (Å²) in [7, 11) is 0. The van der Waals surface area contributed by atoms with Crippen molar-refractivity contribution in [2.75, 3.05) is 13.1 Å². The highest BCUT2D eigenvalue weighted by Gasteiger charge is 2.27. The Morgan fingerprint density at radius 3 is 2.62 bits per heavy atom. The van der Waals surface area contributed by atoms with Gasteiger partial charge in [-0.1, -0.05) is 32.0 Å². The molecule has 1 aliphatic rings. The van der Waals surface area contributed by atoms with Crippen molar-refractivity contribution in [3.05, 3.63) is 36.5 Å². The number of amides is 1. The molecule has 0 radical (unpaired) electrons. The Labute approximate surface area is 143 Å². The molecule has 1 aromatic carbocycles. The summed E-state index contributed by atoms with van der Waals surface area (Å²) in [5.74, 6) is 1.33. The van der Waals surface area contributed by atoms with Crippen molar-refractivity contribution in [1.82, 2.24) is 9.88 Å². The maximum atomic E-state index is 12.5. The van der Waals surface area contributed by atoms with E-state index in [1.807, 2.05) is 35.2 Å². The number of ether oxygens (including phenoxy) is 1. The average Bonchev–Trinajstić information content (AvgIpc) is 2.63. The summed E-state index contributed by atoms with van der Waals surface area (Å²) in [5, 5.41) is 1.09. The first-order valence-electron chi connectivity index (χ1n) is 9.02. The van der Waals surface area contributed by atoms with Gasteiger partial charge in [-0.3, -0.25) is 9.78 Å². The summed E-state index contributed by atoms with van der Waals surface area (Å²) in [4.78, 5) is 18.9. The molecule has 24 heavy (non-hydrogen) atoms. The van der Waals surface area contributed by atoms with Crippen molar-refractivity contribution in [2.45, 2.75) is 45.6 Å².